The van der Waals surface area contributed by atoms with E-state index in [0.29, 0.717) is 10.6 Å². The fourth-order valence-electron chi connectivity index (χ4n) is 2.00. The van der Waals surface area contributed by atoms with Crippen molar-refractivity contribution in [2.75, 3.05) is 5.75 Å². The van der Waals surface area contributed by atoms with Gasteiger partial charge in [-0.15, -0.1) is 0 Å². The average molecular weight is 363 g/mol. The minimum absolute atomic E-state index is 0.171. The van der Waals surface area contributed by atoms with Crippen molar-refractivity contribution in [1.82, 2.24) is 10.9 Å². The van der Waals surface area contributed by atoms with Gasteiger partial charge in [0.1, 0.15) is 0 Å². The van der Waals surface area contributed by atoms with E-state index in [0.717, 1.165) is 17.1 Å². The van der Waals surface area contributed by atoms with Crippen molar-refractivity contribution < 1.29 is 9.59 Å². The molecule has 6 heteroatoms. The minimum Gasteiger partial charge on any atom is -0.273 e. The summed E-state index contributed by atoms with van der Waals surface area (Å²) in [4.78, 5) is 23.9. The zero-order valence-electron chi connectivity index (χ0n) is 13.3. The second kappa shape index (κ2) is 9.35. The number of nitrogens with one attached hydrogen (secondary N) is 2. The largest absolute Gasteiger partial charge is 0.273 e. The van der Waals surface area contributed by atoms with E-state index in [1.54, 1.807) is 36.4 Å². The van der Waals surface area contributed by atoms with Crippen LogP contribution in [0.15, 0.2) is 48.5 Å². The predicted octanol–water partition coefficient (Wildman–Crippen LogP) is 3.60. The Kier molecular flexibility index (Phi) is 7.15. The third-order valence-corrected chi connectivity index (χ3v) is 4.48. The molecule has 0 aliphatic rings. The molecule has 126 valence electrons. The summed E-state index contributed by atoms with van der Waals surface area (Å²) in [6, 6.07) is 14.4. The van der Waals surface area contributed by atoms with Gasteiger partial charge in [-0.1, -0.05) is 42.8 Å². The van der Waals surface area contributed by atoms with E-state index in [1.807, 2.05) is 23.9 Å². The number of hydrogen-bond donors (Lipinski definition) is 2. The molecular weight excluding hydrogens is 344 g/mol. The number of thioether (sulfide) groups is 1. The van der Waals surface area contributed by atoms with Gasteiger partial charge in [-0.2, -0.15) is 11.8 Å². The van der Waals surface area contributed by atoms with Crippen LogP contribution < -0.4 is 10.9 Å². The highest BCUT2D eigenvalue weighted by Gasteiger charge is 2.08. The molecule has 2 amide bonds. The number of hydrazine groups is 1. The molecule has 0 bridgehead atoms. The van der Waals surface area contributed by atoms with Gasteiger partial charge in [0.05, 0.1) is 6.42 Å². The molecule has 2 N–H and O–H groups in total. The maximum Gasteiger partial charge on any atom is 0.269 e. The lowest BCUT2D eigenvalue weighted by molar-refractivity contribution is -0.121. The van der Waals surface area contributed by atoms with Crippen molar-refractivity contribution in [2.24, 2.45) is 0 Å². The van der Waals surface area contributed by atoms with E-state index in [9.17, 15) is 9.59 Å². The maximum absolute atomic E-state index is 12.0. The van der Waals surface area contributed by atoms with Gasteiger partial charge >= 0.3 is 0 Å². The van der Waals surface area contributed by atoms with Gasteiger partial charge in [-0.05, 0) is 41.1 Å². The van der Waals surface area contributed by atoms with E-state index >= 15 is 0 Å². The zero-order chi connectivity index (χ0) is 17.4. The number of rotatable bonds is 6. The van der Waals surface area contributed by atoms with E-state index in [2.05, 4.69) is 17.8 Å². The number of carbonyl (C=O) groups excluding carboxylic acids is 2. The van der Waals surface area contributed by atoms with Crippen LogP contribution in [0.4, 0.5) is 0 Å². The van der Waals surface area contributed by atoms with Crippen molar-refractivity contribution in [2.45, 2.75) is 19.1 Å². The van der Waals surface area contributed by atoms with Crippen LogP contribution in [-0.4, -0.2) is 17.6 Å². The highest BCUT2D eigenvalue weighted by Crippen LogP contribution is 2.12. The standard InChI is InChI=1S/C18H19ClN2O2S/c1-2-24-12-14-3-7-15(8-4-14)18(23)21-20-17(22)11-13-5-9-16(19)10-6-13/h3-10H,2,11-12H2,1H3,(H,20,22)(H,21,23). The summed E-state index contributed by atoms with van der Waals surface area (Å²) >= 11 is 7.62. The molecule has 2 aromatic rings. The summed E-state index contributed by atoms with van der Waals surface area (Å²) < 4.78 is 0. The molecule has 4 nitrogen and oxygen atoms in total. The third kappa shape index (κ3) is 5.91. The molecule has 2 aromatic carbocycles. The summed E-state index contributed by atoms with van der Waals surface area (Å²) in [6.45, 7) is 2.11. The molecular formula is C18H19ClN2O2S. The Balaban J connectivity index is 1.81. The Morgan fingerprint density at radius 3 is 2.21 bits per heavy atom. The topological polar surface area (TPSA) is 58.2 Å². The van der Waals surface area contributed by atoms with Crippen LogP contribution in [0.2, 0.25) is 5.02 Å². The van der Waals surface area contributed by atoms with Crippen LogP contribution in [0, 0.1) is 0 Å². The molecule has 2 rings (SSSR count). The number of halogens is 1. The average Bonchev–Trinajstić information content (AvgIpc) is 2.60. The summed E-state index contributed by atoms with van der Waals surface area (Å²) in [6.07, 6.45) is 0.171. The van der Waals surface area contributed by atoms with Crippen LogP contribution in [-0.2, 0) is 17.0 Å². The van der Waals surface area contributed by atoms with Crippen molar-refractivity contribution in [3.05, 3.63) is 70.2 Å². The summed E-state index contributed by atoms with van der Waals surface area (Å²) in [7, 11) is 0. The smallest absolute Gasteiger partial charge is 0.269 e. The first kappa shape index (κ1) is 18.4. The SMILES string of the molecule is CCSCc1ccc(C(=O)NNC(=O)Cc2ccc(Cl)cc2)cc1. The molecule has 0 saturated carbocycles. The molecule has 0 unspecified atom stereocenters. The molecule has 0 heterocycles. The fraction of sp³-hybridized carbons (Fsp3) is 0.222. The molecule has 0 aromatic heterocycles. The van der Waals surface area contributed by atoms with Crippen molar-refractivity contribution in [3.8, 4) is 0 Å². The van der Waals surface area contributed by atoms with Crippen LogP contribution in [0.3, 0.4) is 0 Å². The van der Waals surface area contributed by atoms with E-state index in [-0.39, 0.29) is 18.2 Å². The van der Waals surface area contributed by atoms with Gasteiger partial charge in [0.2, 0.25) is 5.91 Å². The van der Waals surface area contributed by atoms with Crippen LogP contribution in [0.1, 0.15) is 28.4 Å². The van der Waals surface area contributed by atoms with Crippen LogP contribution in [0.25, 0.3) is 0 Å². The second-order valence-electron chi connectivity index (χ2n) is 5.14. The quantitative estimate of drug-likeness (QED) is 0.772. The van der Waals surface area contributed by atoms with Crippen molar-refractivity contribution >= 4 is 35.2 Å². The van der Waals surface area contributed by atoms with Gasteiger partial charge in [0.25, 0.3) is 5.91 Å². The number of carbonyl (C=O) groups is 2. The lowest BCUT2D eigenvalue weighted by atomic mass is 10.1. The maximum atomic E-state index is 12.0. The number of benzene rings is 2. The Morgan fingerprint density at radius 2 is 1.58 bits per heavy atom. The van der Waals surface area contributed by atoms with Gasteiger partial charge < -0.3 is 0 Å². The van der Waals surface area contributed by atoms with E-state index in [1.165, 1.54) is 5.56 Å². The minimum atomic E-state index is -0.339. The molecule has 0 spiro atoms. The normalized spacial score (nSPS) is 10.2. The highest BCUT2D eigenvalue weighted by molar-refractivity contribution is 7.98. The summed E-state index contributed by atoms with van der Waals surface area (Å²) in [5, 5.41) is 0.619. The van der Waals surface area contributed by atoms with E-state index in [4.69, 9.17) is 11.6 Å². The van der Waals surface area contributed by atoms with Crippen molar-refractivity contribution in [1.29, 1.82) is 0 Å². The first-order valence-corrected chi connectivity index (χ1v) is 9.12. The van der Waals surface area contributed by atoms with Gasteiger partial charge in [-0.3, -0.25) is 20.4 Å². The molecule has 0 fully saturated rings. The summed E-state index contributed by atoms with van der Waals surface area (Å²) in [5.74, 6) is 1.36. The Hall–Kier alpha value is -1.98. The van der Waals surface area contributed by atoms with Gasteiger partial charge in [0.15, 0.2) is 0 Å². The molecule has 0 radical (unpaired) electrons. The van der Waals surface area contributed by atoms with Crippen molar-refractivity contribution in [3.63, 3.8) is 0 Å². The molecule has 0 saturated heterocycles. The second-order valence-corrected chi connectivity index (χ2v) is 6.85. The lowest BCUT2D eigenvalue weighted by Crippen LogP contribution is -2.42. The molecule has 24 heavy (non-hydrogen) atoms. The Morgan fingerprint density at radius 1 is 0.958 bits per heavy atom. The van der Waals surface area contributed by atoms with Gasteiger partial charge in [0, 0.05) is 16.3 Å². The van der Waals surface area contributed by atoms with Crippen LogP contribution >= 0.6 is 23.4 Å². The Labute approximate surface area is 150 Å². The third-order valence-electron chi connectivity index (χ3n) is 3.28. The Bertz CT molecular complexity index is 687. The zero-order valence-corrected chi connectivity index (χ0v) is 14.9. The number of amides is 2. The molecule has 0 aliphatic carbocycles. The fourth-order valence-corrected chi connectivity index (χ4v) is 2.76. The first-order chi connectivity index (χ1) is 11.6. The predicted molar refractivity (Wildman–Crippen MR) is 99.0 cm³/mol. The summed E-state index contributed by atoms with van der Waals surface area (Å²) in [5.41, 5.74) is 7.34. The lowest BCUT2D eigenvalue weighted by Gasteiger charge is -2.08. The monoisotopic (exact) mass is 362 g/mol. The highest BCUT2D eigenvalue weighted by atomic mass is 35.5. The first-order valence-electron chi connectivity index (χ1n) is 7.59. The van der Waals surface area contributed by atoms with E-state index < -0.39 is 0 Å². The van der Waals surface area contributed by atoms with Crippen LogP contribution in [0.5, 0.6) is 0 Å². The molecule has 0 aliphatic heterocycles. The van der Waals surface area contributed by atoms with Gasteiger partial charge in [-0.25, -0.2) is 0 Å². The molecule has 0 atom stereocenters. The number of hydrogen-bond acceptors (Lipinski definition) is 3.